The maximum Gasteiger partial charge on any atom is 0.271 e. The van der Waals surface area contributed by atoms with Crippen molar-refractivity contribution >= 4 is 34.8 Å². The van der Waals surface area contributed by atoms with E-state index in [0.29, 0.717) is 29.7 Å². The average molecular weight is 570 g/mol. The lowest BCUT2D eigenvalue weighted by atomic mass is 9.85. The van der Waals surface area contributed by atoms with E-state index in [-0.39, 0.29) is 29.3 Å². The molecular weight excluding hydrogens is 530 g/mol. The Kier molecular flexibility index (Phi) is 8.01. The number of hydrogen-bond donors (Lipinski definition) is 2. The number of piperazine rings is 1. The van der Waals surface area contributed by atoms with E-state index in [1.165, 1.54) is 18.4 Å². The number of carbonyl (C=O) groups is 2. The molecule has 0 unspecified atom stereocenters. The molecule has 0 aromatic carbocycles. The molecule has 0 spiro atoms. The minimum atomic E-state index is -0.666. The summed E-state index contributed by atoms with van der Waals surface area (Å²) in [6, 6.07) is 7.87. The Hall–Kier alpha value is -4.12. The third kappa shape index (κ3) is 6.20. The average Bonchev–Trinajstić information content (AvgIpc) is 3.85. The van der Waals surface area contributed by atoms with Crippen molar-refractivity contribution in [2.75, 3.05) is 54.9 Å². The van der Waals surface area contributed by atoms with Gasteiger partial charge in [-0.1, -0.05) is 6.07 Å². The summed E-state index contributed by atoms with van der Waals surface area (Å²) in [4.78, 5) is 50.3. The summed E-state index contributed by atoms with van der Waals surface area (Å²) in [6.45, 7) is 6.83. The molecule has 0 bridgehead atoms. The molecule has 0 radical (unpaired) electrons. The smallest absolute Gasteiger partial charge is 0.271 e. The number of likely N-dealkylation sites (N-methyl/N-ethyl adjacent to an activating group) is 1. The lowest BCUT2D eigenvalue weighted by Gasteiger charge is -2.40. The Bertz CT molecular complexity index is 1420. The number of hydrogen-bond acceptors (Lipinski definition) is 10. The fraction of sp³-hybridized carbons (Fsp3) is 0.484. The van der Waals surface area contributed by atoms with Gasteiger partial charge in [0.15, 0.2) is 17.3 Å². The molecule has 11 heteroatoms. The first-order valence-electron chi connectivity index (χ1n) is 14.9. The van der Waals surface area contributed by atoms with Crippen LogP contribution < -0.4 is 20.9 Å². The van der Waals surface area contributed by atoms with E-state index < -0.39 is 5.91 Å². The molecule has 11 nitrogen and oxygen atoms in total. The summed E-state index contributed by atoms with van der Waals surface area (Å²) in [7, 11) is 2.13. The summed E-state index contributed by atoms with van der Waals surface area (Å²) in [5, 5.41) is 3.17. The molecule has 220 valence electrons. The van der Waals surface area contributed by atoms with Crippen LogP contribution in [0.2, 0.25) is 0 Å². The summed E-state index contributed by atoms with van der Waals surface area (Å²) in [5.74, 6) is 1.62. The number of carbonyl (C=O) groups excluding carboxylic acids is 2. The first kappa shape index (κ1) is 28.0. The van der Waals surface area contributed by atoms with Crippen LogP contribution in [-0.2, 0) is 0 Å². The van der Waals surface area contributed by atoms with Gasteiger partial charge >= 0.3 is 0 Å². The van der Waals surface area contributed by atoms with Crippen molar-refractivity contribution in [2.45, 2.75) is 51.0 Å². The zero-order valence-corrected chi connectivity index (χ0v) is 24.4. The van der Waals surface area contributed by atoms with Crippen molar-refractivity contribution in [3.05, 3.63) is 59.8 Å². The lowest BCUT2D eigenvalue weighted by molar-refractivity contribution is 0.0940. The number of ketones is 1. The SMILES string of the molecule is C[C@@H]1[C@H](CC(=O)c2ccc(C3CC3)cn2)CCCN1c1cnc(C(N)=O)c(Nc2ccc(N3CCN(C)CC3)cn2)n1. The quantitative estimate of drug-likeness (QED) is 0.368. The van der Waals surface area contributed by atoms with Crippen LogP contribution in [0.25, 0.3) is 0 Å². The van der Waals surface area contributed by atoms with E-state index in [0.717, 1.165) is 51.3 Å². The highest BCUT2D eigenvalue weighted by molar-refractivity contribution is 5.96. The van der Waals surface area contributed by atoms with E-state index in [1.54, 1.807) is 6.20 Å². The molecule has 3 N–H and O–H groups in total. The standard InChI is InChI=1S/C31H39N9O2/c1-20-22(16-26(41)25-9-7-23(17-33-25)21-5-6-21)4-3-11-40(20)28-19-35-29(30(32)42)31(37-28)36-27-10-8-24(18-34-27)39-14-12-38(2)13-15-39/h7-10,17-22H,3-6,11-16H2,1-2H3,(H2,32,42)(H,34,36,37)/t20-,22+/m1/s1. The van der Waals surface area contributed by atoms with Crippen LogP contribution >= 0.6 is 0 Å². The van der Waals surface area contributed by atoms with E-state index in [4.69, 9.17) is 10.7 Å². The van der Waals surface area contributed by atoms with Gasteiger partial charge in [0, 0.05) is 51.4 Å². The van der Waals surface area contributed by atoms with Crippen LogP contribution in [0.15, 0.2) is 42.9 Å². The van der Waals surface area contributed by atoms with Crippen LogP contribution in [0.4, 0.5) is 23.1 Å². The number of rotatable bonds is 9. The third-order valence-corrected chi connectivity index (χ3v) is 8.87. The molecule has 3 aromatic rings. The molecule has 2 saturated heterocycles. The van der Waals surface area contributed by atoms with Crippen molar-refractivity contribution in [1.29, 1.82) is 0 Å². The largest absolute Gasteiger partial charge is 0.368 e. The monoisotopic (exact) mass is 569 g/mol. The number of amides is 1. The molecule has 1 amide bonds. The van der Waals surface area contributed by atoms with Crippen molar-refractivity contribution in [2.24, 2.45) is 11.7 Å². The van der Waals surface area contributed by atoms with E-state index in [9.17, 15) is 9.59 Å². The Labute approximate surface area is 246 Å². The van der Waals surface area contributed by atoms with Gasteiger partial charge in [0.1, 0.15) is 17.3 Å². The number of pyridine rings is 2. The number of nitrogens with one attached hydrogen (secondary N) is 1. The topological polar surface area (TPSA) is 133 Å². The van der Waals surface area contributed by atoms with Crippen LogP contribution in [0.5, 0.6) is 0 Å². The van der Waals surface area contributed by atoms with E-state index in [2.05, 4.69) is 48.9 Å². The van der Waals surface area contributed by atoms with Crippen molar-refractivity contribution < 1.29 is 9.59 Å². The molecule has 3 aliphatic rings. The van der Waals surface area contributed by atoms with E-state index >= 15 is 0 Å². The Morgan fingerprint density at radius 1 is 0.952 bits per heavy atom. The molecule has 3 aromatic heterocycles. The lowest BCUT2D eigenvalue weighted by Crippen LogP contribution is -2.44. The van der Waals surface area contributed by atoms with E-state index in [1.807, 2.05) is 36.7 Å². The molecular formula is C31H39N9O2. The van der Waals surface area contributed by atoms with Crippen LogP contribution in [0.1, 0.15) is 71.5 Å². The maximum atomic E-state index is 13.1. The first-order valence-corrected chi connectivity index (χ1v) is 14.9. The summed E-state index contributed by atoms with van der Waals surface area (Å²) >= 11 is 0. The second-order valence-electron chi connectivity index (χ2n) is 11.8. The number of primary amides is 1. The first-order chi connectivity index (χ1) is 20.4. The van der Waals surface area contributed by atoms with Crippen LogP contribution in [-0.4, -0.2) is 82.3 Å². The Balaban J connectivity index is 1.15. The second-order valence-corrected chi connectivity index (χ2v) is 11.8. The van der Waals surface area contributed by atoms with Crippen molar-refractivity contribution in [3.8, 4) is 0 Å². The Morgan fingerprint density at radius 3 is 2.43 bits per heavy atom. The predicted molar refractivity (Wildman–Crippen MR) is 162 cm³/mol. The molecule has 6 rings (SSSR count). The molecule has 2 atom stereocenters. The normalized spacial score (nSPS) is 21.3. The maximum absolute atomic E-state index is 13.1. The molecule has 1 aliphatic carbocycles. The zero-order valence-electron chi connectivity index (χ0n) is 24.4. The molecule has 42 heavy (non-hydrogen) atoms. The Morgan fingerprint density at radius 2 is 1.76 bits per heavy atom. The fourth-order valence-electron chi connectivity index (χ4n) is 6.01. The number of piperidine rings is 1. The van der Waals surface area contributed by atoms with Gasteiger partial charge in [-0.25, -0.2) is 15.0 Å². The summed E-state index contributed by atoms with van der Waals surface area (Å²) in [6.07, 6.45) is 10.0. The summed E-state index contributed by atoms with van der Waals surface area (Å²) in [5.41, 5.74) is 8.52. The highest BCUT2D eigenvalue weighted by atomic mass is 16.1. The molecule has 1 saturated carbocycles. The molecule has 2 aliphatic heterocycles. The summed E-state index contributed by atoms with van der Waals surface area (Å²) < 4.78 is 0. The highest BCUT2D eigenvalue weighted by Gasteiger charge is 2.32. The van der Waals surface area contributed by atoms with Crippen molar-refractivity contribution in [3.63, 3.8) is 0 Å². The zero-order chi connectivity index (χ0) is 29.2. The number of Topliss-reactive ketones (excluding diaryl/α,β-unsaturated/α-hetero) is 1. The minimum Gasteiger partial charge on any atom is -0.368 e. The van der Waals surface area contributed by atoms with Crippen LogP contribution in [0, 0.1) is 5.92 Å². The van der Waals surface area contributed by atoms with Gasteiger partial charge in [0.05, 0.1) is 18.1 Å². The number of aromatic nitrogens is 4. The third-order valence-electron chi connectivity index (χ3n) is 8.87. The number of nitrogens with zero attached hydrogens (tertiary/aromatic N) is 7. The van der Waals surface area contributed by atoms with Gasteiger partial charge in [-0.05, 0) is 75.3 Å². The predicted octanol–water partition coefficient (Wildman–Crippen LogP) is 3.62. The second kappa shape index (κ2) is 12.0. The van der Waals surface area contributed by atoms with Gasteiger partial charge in [-0.15, -0.1) is 0 Å². The van der Waals surface area contributed by atoms with Crippen molar-refractivity contribution in [1.82, 2.24) is 24.8 Å². The molecule has 3 fully saturated rings. The van der Waals surface area contributed by atoms with Gasteiger partial charge in [0.2, 0.25) is 0 Å². The van der Waals surface area contributed by atoms with Gasteiger partial charge in [-0.3, -0.25) is 14.6 Å². The number of anilines is 4. The van der Waals surface area contributed by atoms with Gasteiger partial charge in [-0.2, -0.15) is 0 Å². The molecule has 5 heterocycles. The number of nitrogens with two attached hydrogens (primary N) is 1. The minimum absolute atomic E-state index is 0.0519. The van der Waals surface area contributed by atoms with Gasteiger partial charge in [0.25, 0.3) is 5.91 Å². The highest BCUT2D eigenvalue weighted by Crippen LogP contribution is 2.39. The van der Waals surface area contributed by atoms with Crippen LogP contribution in [0.3, 0.4) is 0 Å². The fourth-order valence-corrected chi connectivity index (χ4v) is 6.01. The van der Waals surface area contributed by atoms with Gasteiger partial charge < -0.3 is 25.8 Å².